The maximum absolute atomic E-state index is 12.5. The Bertz CT molecular complexity index is 653. The number of rotatable bonds is 2. The van der Waals surface area contributed by atoms with Gasteiger partial charge in [0.15, 0.2) is 0 Å². The average molecular weight is 302 g/mol. The molecule has 0 aliphatic carbocycles. The number of methoxy groups -OCH3 is 1. The molecule has 0 bridgehead atoms. The topological polar surface area (TPSA) is 41.6 Å². The number of urea groups is 1. The number of para-hydroxylation sites is 2. The number of nitrogens with zero attached hydrogens (tertiary/aromatic N) is 1. The van der Waals surface area contributed by atoms with Crippen LogP contribution in [0.2, 0.25) is 0 Å². The molecule has 2 amide bonds. The molecule has 5 heteroatoms. The summed E-state index contributed by atoms with van der Waals surface area (Å²) in [6.45, 7) is 2.82. The summed E-state index contributed by atoms with van der Waals surface area (Å²) in [5.74, 6) is 0.673. The van der Waals surface area contributed by atoms with E-state index in [9.17, 15) is 4.79 Å². The summed E-state index contributed by atoms with van der Waals surface area (Å²) in [5.41, 5.74) is 1.97. The average Bonchev–Trinajstić information content (AvgIpc) is 2.97. The van der Waals surface area contributed by atoms with Crippen molar-refractivity contribution in [3.63, 3.8) is 0 Å². The van der Waals surface area contributed by atoms with Crippen molar-refractivity contribution in [2.24, 2.45) is 0 Å². The molecule has 110 valence electrons. The van der Waals surface area contributed by atoms with Gasteiger partial charge >= 0.3 is 6.03 Å². The van der Waals surface area contributed by atoms with Gasteiger partial charge in [-0.25, -0.2) is 4.79 Å². The fourth-order valence-electron chi connectivity index (χ4n) is 2.72. The second kappa shape index (κ2) is 5.77. The van der Waals surface area contributed by atoms with Gasteiger partial charge in [-0.1, -0.05) is 12.1 Å². The second-order valence-corrected chi connectivity index (χ2v) is 6.05. The number of hydrogen-bond acceptors (Lipinski definition) is 3. The third kappa shape index (κ3) is 2.61. The lowest BCUT2D eigenvalue weighted by atomic mass is 10.0. The number of fused-ring (bicyclic) bond motifs is 1. The highest BCUT2D eigenvalue weighted by Gasteiger charge is 2.28. The Kier molecular flexibility index (Phi) is 3.84. The van der Waals surface area contributed by atoms with Crippen LogP contribution in [0.4, 0.5) is 10.5 Å². The Morgan fingerprint density at radius 2 is 2.19 bits per heavy atom. The Hall–Kier alpha value is -2.01. The number of benzene rings is 1. The molecule has 4 nitrogen and oxygen atoms in total. The van der Waals surface area contributed by atoms with E-state index in [1.165, 1.54) is 10.4 Å². The molecule has 1 aliphatic heterocycles. The van der Waals surface area contributed by atoms with E-state index in [4.69, 9.17) is 4.74 Å². The lowest BCUT2D eigenvalue weighted by molar-refractivity contribution is 0.189. The number of hydrogen-bond donors (Lipinski definition) is 1. The minimum absolute atomic E-state index is 0.0798. The third-order valence-corrected chi connectivity index (χ3v) is 4.88. The Labute approximate surface area is 128 Å². The van der Waals surface area contributed by atoms with Crippen LogP contribution in [0.3, 0.4) is 0 Å². The van der Waals surface area contributed by atoms with Gasteiger partial charge in [0.25, 0.3) is 0 Å². The van der Waals surface area contributed by atoms with Crippen molar-refractivity contribution in [2.75, 3.05) is 19.0 Å². The predicted molar refractivity (Wildman–Crippen MR) is 85.2 cm³/mol. The maximum Gasteiger partial charge on any atom is 0.322 e. The lowest BCUT2D eigenvalue weighted by Crippen LogP contribution is -2.41. The molecule has 1 aromatic heterocycles. The molecular formula is C16H18N2O2S. The van der Waals surface area contributed by atoms with Crippen molar-refractivity contribution in [2.45, 2.75) is 19.4 Å². The number of carbonyl (C=O) groups excluding carboxylic acids is 1. The Morgan fingerprint density at radius 3 is 3.00 bits per heavy atom. The van der Waals surface area contributed by atoms with Crippen molar-refractivity contribution in [1.29, 1.82) is 0 Å². The SMILES string of the molecule is COc1ccccc1NC(=O)N1CCc2sccc2C1C. The quantitative estimate of drug-likeness (QED) is 0.914. The van der Waals surface area contributed by atoms with Gasteiger partial charge in [0.1, 0.15) is 5.75 Å². The van der Waals surface area contributed by atoms with Gasteiger partial charge in [-0.2, -0.15) is 0 Å². The molecule has 3 rings (SSSR count). The van der Waals surface area contributed by atoms with E-state index in [0.717, 1.165) is 13.0 Å². The summed E-state index contributed by atoms with van der Waals surface area (Å²) < 4.78 is 5.27. The zero-order valence-corrected chi connectivity index (χ0v) is 12.9. The van der Waals surface area contributed by atoms with Crippen LogP contribution < -0.4 is 10.1 Å². The highest BCUT2D eigenvalue weighted by molar-refractivity contribution is 7.10. The minimum atomic E-state index is -0.0798. The summed E-state index contributed by atoms with van der Waals surface area (Å²) in [7, 11) is 1.60. The number of anilines is 1. The molecule has 1 unspecified atom stereocenters. The number of carbonyl (C=O) groups is 1. The van der Waals surface area contributed by atoms with Crippen molar-refractivity contribution in [3.05, 3.63) is 46.2 Å². The van der Waals surface area contributed by atoms with E-state index in [0.29, 0.717) is 11.4 Å². The summed E-state index contributed by atoms with van der Waals surface area (Å²) >= 11 is 1.77. The van der Waals surface area contributed by atoms with Gasteiger partial charge in [0.2, 0.25) is 0 Å². The fraction of sp³-hybridized carbons (Fsp3) is 0.312. The van der Waals surface area contributed by atoms with Crippen molar-refractivity contribution >= 4 is 23.1 Å². The van der Waals surface area contributed by atoms with E-state index < -0.39 is 0 Å². The molecule has 2 aromatic rings. The normalized spacial score (nSPS) is 17.2. The van der Waals surface area contributed by atoms with Gasteiger partial charge in [0, 0.05) is 11.4 Å². The van der Waals surface area contributed by atoms with E-state index in [1.807, 2.05) is 29.2 Å². The van der Waals surface area contributed by atoms with Crippen LogP contribution in [0.25, 0.3) is 0 Å². The maximum atomic E-state index is 12.5. The molecule has 1 aliphatic rings. The van der Waals surface area contributed by atoms with Gasteiger partial charge in [-0.3, -0.25) is 0 Å². The zero-order valence-electron chi connectivity index (χ0n) is 12.1. The van der Waals surface area contributed by atoms with Gasteiger partial charge in [-0.05, 0) is 42.5 Å². The molecule has 0 fully saturated rings. The molecular weight excluding hydrogens is 284 g/mol. The predicted octanol–water partition coefficient (Wildman–Crippen LogP) is 3.91. The first kappa shape index (κ1) is 13.9. The number of thiophene rings is 1. The van der Waals surface area contributed by atoms with Crippen LogP contribution >= 0.6 is 11.3 Å². The van der Waals surface area contributed by atoms with Crippen LogP contribution in [0.5, 0.6) is 5.75 Å². The Morgan fingerprint density at radius 1 is 1.38 bits per heavy atom. The smallest absolute Gasteiger partial charge is 0.322 e. The standard InChI is InChI=1S/C16H18N2O2S/c1-11-12-8-10-21-15(12)7-9-18(11)16(19)17-13-5-3-4-6-14(13)20-2/h3-6,8,10-11H,7,9H2,1-2H3,(H,17,19). The van der Waals surface area contributed by atoms with Crippen LogP contribution in [0.15, 0.2) is 35.7 Å². The van der Waals surface area contributed by atoms with E-state index in [1.54, 1.807) is 18.4 Å². The van der Waals surface area contributed by atoms with Crippen LogP contribution in [-0.4, -0.2) is 24.6 Å². The molecule has 21 heavy (non-hydrogen) atoms. The first-order valence-electron chi connectivity index (χ1n) is 6.97. The number of ether oxygens (including phenoxy) is 1. The van der Waals surface area contributed by atoms with E-state index >= 15 is 0 Å². The van der Waals surface area contributed by atoms with Crippen LogP contribution in [-0.2, 0) is 6.42 Å². The monoisotopic (exact) mass is 302 g/mol. The van der Waals surface area contributed by atoms with Crippen LogP contribution in [0.1, 0.15) is 23.4 Å². The molecule has 1 aromatic carbocycles. The lowest BCUT2D eigenvalue weighted by Gasteiger charge is -2.33. The number of amides is 2. The number of nitrogens with one attached hydrogen (secondary N) is 1. The first-order chi connectivity index (χ1) is 10.2. The van der Waals surface area contributed by atoms with Gasteiger partial charge < -0.3 is 15.0 Å². The molecule has 0 saturated carbocycles. The molecule has 1 N–H and O–H groups in total. The van der Waals surface area contributed by atoms with Crippen LogP contribution in [0, 0.1) is 0 Å². The zero-order chi connectivity index (χ0) is 14.8. The molecule has 0 saturated heterocycles. The summed E-state index contributed by atoms with van der Waals surface area (Å²) in [6.07, 6.45) is 0.927. The van der Waals surface area contributed by atoms with Gasteiger partial charge in [0.05, 0.1) is 18.8 Å². The van der Waals surface area contributed by atoms with Crippen molar-refractivity contribution in [3.8, 4) is 5.75 Å². The molecule has 0 radical (unpaired) electrons. The highest BCUT2D eigenvalue weighted by atomic mass is 32.1. The molecule has 2 heterocycles. The largest absolute Gasteiger partial charge is 0.495 e. The fourth-order valence-corrected chi connectivity index (χ4v) is 3.68. The minimum Gasteiger partial charge on any atom is -0.495 e. The summed E-state index contributed by atoms with van der Waals surface area (Å²) in [4.78, 5) is 15.8. The van der Waals surface area contributed by atoms with E-state index in [-0.39, 0.29) is 12.1 Å². The van der Waals surface area contributed by atoms with E-state index in [2.05, 4.69) is 23.7 Å². The second-order valence-electron chi connectivity index (χ2n) is 5.05. The highest BCUT2D eigenvalue weighted by Crippen LogP contribution is 2.33. The van der Waals surface area contributed by atoms with Crippen molar-refractivity contribution in [1.82, 2.24) is 4.90 Å². The first-order valence-corrected chi connectivity index (χ1v) is 7.85. The van der Waals surface area contributed by atoms with Crippen molar-refractivity contribution < 1.29 is 9.53 Å². The summed E-state index contributed by atoms with van der Waals surface area (Å²) in [5, 5.41) is 5.05. The van der Waals surface area contributed by atoms with Gasteiger partial charge in [-0.15, -0.1) is 11.3 Å². The Balaban J connectivity index is 1.77. The molecule has 1 atom stereocenters. The molecule has 0 spiro atoms. The third-order valence-electron chi connectivity index (χ3n) is 3.89. The summed E-state index contributed by atoms with van der Waals surface area (Å²) in [6, 6.07) is 9.60.